The Balaban J connectivity index is 3.23. The van der Waals surface area contributed by atoms with Gasteiger partial charge in [-0.25, -0.2) is 0 Å². The summed E-state index contributed by atoms with van der Waals surface area (Å²) in [6, 6.07) is 0.371. The Labute approximate surface area is 131 Å². The van der Waals surface area contributed by atoms with Crippen LogP contribution in [0.3, 0.4) is 0 Å². The van der Waals surface area contributed by atoms with Gasteiger partial charge >= 0.3 is 5.97 Å². The second-order valence-corrected chi connectivity index (χ2v) is 6.00. The molecular formula is C18H35NO2. The fourth-order valence-electron chi connectivity index (χ4n) is 2.42. The molecule has 0 amide bonds. The van der Waals surface area contributed by atoms with Crippen LogP contribution in [-0.2, 0) is 4.79 Å². The van der Waals surface area contributed by atoms with Crippen molar-refractivity contribution in [3.63, 3.8) is 0 Å². The first-order valence-corrected chi connectivity index (χ1v) is 8.79. The first kappa shape index (κ1) is 20.2. The molecule has 1 atom stereocenters. The molecule has 1 unspecified atom stereocenters. The zero-order valence-corrected chi connectivity index (χ0v) is 13.9. The predicted octanol–water partition coefficient (Wildman–Crippen LogP) is 5.05. The van der Waals surface area contributed by atoms with E-state index in [0.717, 1.165) is 44.9 Å². The molecule has 0 saturated carbocycles. The van der Waals surface area contributed by atoms with Gasteiger partial charge < -0.3 is 10.8 Å². The third kappa shape index (κ3) is 17.1. The van der Waals surface area contributed by atoms with Gasteiger partial charge in [0.2, 0.25) is 0 Å². The van der Waals surface area contributed by atoms with Gasteiger partial charge in [-0.2, -0.15) is 0 Å². The molecule has 3 heteroatoms. The van der Waals surface area contributed by atoms with E-state index in [9.17, 15) is 4.79 Å². The Morgan fingerprint density at radius 3 is 2.33 bits per heavy atom. The molecule has 124 valence electrons. The molecule has 0 rings (SSSR count). The van der Waals surface area contributed by atoms with Crippen molar-refractivity contribution in [2.45, 2.75) is 96.4 Å². The Hall–Kier alpha value is -0.830. The number of unbranched alkanes of at least 4 members (excludes halogenated alkanes) is 7. The number of rotatable bonds is 15. The molecule has 0 aromatic carbocycles. The molecule has 0 spiro atoms. The minimum atomic E-state index is -0.675. The van der Waals surface area contributed by atoms with E-state index in [2.05, 4.69) is 19.1 Å². The number of carbonyl (C=O) groups is 1. The highest BCUT2D eigenvalue weighted by Crippen LogP contribution is 2.09. The average Bonchev–Trinajstić information content (AvgIpc) is 2.44. The zero-order chi connectivity index (χ0) is 15.8. The van der Waals surface area contributed by atoms with E-state index in [-0.39, 0.29) is 0 Å². The average molecular weight is 297 g/mol. The highest BCUT2D eigenvalue weighted by Gasteiger charge is 2.00. The lowest BCUT2D eigenvalue weighted by atomic mass is 10.0. The number of carboxylic acid groups (broad SMARTS) is 1. The Morgan fingerprint density at radius 1 is 0.952 bits per heavy atom. The zero-order valence-electron chi connectivity index (χ0n) is 13.9. The Morgan fingerprint density at radius 2 is 1.62 bits per heavy atom. The van der Waals surface area contributed by atoms with E-state index in [0.29, 0.717) is 12.5 Å². The smallest absolute Gasteiger partial charge is 0.303 e. The van der Waals surface area contributed by atoms with Crippen LogP contribution in [0.25, 0.3) is 0 Å². The number of nitrogens with two attached hydrogens (primary N) is 1. The molecule has 0 aliphatic carbocycles. The largest absolute Gasteiger partial charge is 0.481 e. The molecule has 0 aliphatic heterocycles. The molecule has 0 aromatic rings. The Bertz CT molecular complexity index is 264. The molecule has 3 N–H and O–H groups in total. The fraction of sp³-hybridized carbons (Fsp3) is 0.833. The van der Waals surface area contributed by atoms with Crippen LogP contribution in [0, 0.1) is 0 Å². The summed E-state index contributed by atoms with van der Waals surface area (Å²) in [4.78, 5) is 10.3. The quantitative estimate of drug-likeness (QED) is 0.328. The third-order valence-electron chi connectivity index (χ3n) is 3.81. The lowest BCUT2D eigenvalue weighted by Gasteiger charge is -2.08. The summed E-state index contributed by atoms with van der Waals surface area (Å²) in [5.41, 5.74) is 6.07. The number of hydrogen-bond acceptors (Lipinski definition) is 2. The first-order chi connectivity index (χ1) is 10.2. The normalized spacial score (nSPS) is 12.9. The van der Waals surface area contributed by atoms with E-state index in [1.807, 2.05) is 0 Å². The minimum absolute atomic E-state index is 0.318. The molecule has 0 heterocycles. The SMILES string of the molecule is CCCCCC(N)CCC=CCCCCCCCC(=O)O. The maximum atomic E-state index is 10.3. The van der Waals surface area contributed by atoms with Crippen LogP contribution < -0.4 is 5.73 Å². The number of hydrogen-bond donors (Lipinski definition) is 2. The lowest BCUT2D eigenvalue weighted by Crippen LogP contribution is -2.19. The summed E-state index contributed by atoms with van der Waals surface area (Å²) < 4.78 is 0. The lowest BCUT2D eigenvalue weighted by molar-refractivity contribution is -0.137. The van der Waals surface area contributed by atoms with Crippen LogP contribution in [0.1, 0.15) is 90.4 Å². The summed E-state index contributed by atoms with van der Waals surface area (Å²) in [6.45, 7) is 2.22. The van der Waals surface area contributed by atoms with Crippen molar-refractivity contribution >= 4 is 5.97 Å². The van der Waals surface area contributed by atoms with Gasteiger partial charge in [0.25, 0.3) is 0 Å². The Kier molecular flexibility index (Phi) is 14.9. The molecule has 0 fully saturated rings. The first-order valence-electron chi connectivity index (χ1n) is 8.79. The van der Waals surface area contributed by atoms with Crippen molar-refractivity contribution in [2.24, 2.45) is 5.73 Å². The topological polar surface area (TPSA) is 63.3 Å². The van der Waals surface area contributed by atoms with Crippen molar-refractivity contribution in [3.05, 3.63) is 12.2 Å². The van der Waals surface area contributed by atoms with E-state index >= 15 is 0 Å². The van der Waals surface area contributed by atoms with Crippen molar-refractivity contribution < 1.29 is 9.90 Å². The van der Waals surface area contributed by atoms with Crippen molar-refractivity contribution in [1.29, 1.82) is 0 Å². The number of aliphatic carboxylic acids is 1. The maximum Gasteiger partial charge on any atom is 0.303 e. The van der Waals surface area contributed by atoms with Gasteiger partial charge in [-0.05, 0) is 38.5 Å². The summed E-state index contributed by atoms with van der Waals surface area (Å²) in [5, 5.41) is 8.52. The van der Waals surface area contributed by atoms with Gasteiger partial charge in [-0.15, -0.1) is 0 Å². The molecular weight excluding hydrogens is 262 g/mol. The minimum Gasteiger partial charge on any atom is -0.481 e. The molecule has 3 nitrogen and oxygen atoms in total. The molecule has 0 aliphatic rings. The predicted molar refractivity (Wildman–Crippen MR) is 90.4 cm³/mol. The molecule has 21 heavy (non-hydrogen) atoms. The van der Waals surface area contributed by atoms with Gasteiger partial charge in [0.15, 0.2) is 0 Å². The van der Waals surface area contributed by atoms with Gasteiger partial charge in [0.1, 0.15) is 0 Å². The number of carboxylic acids is 1. The fourth-order valence-corrected chi connectivity index (χ4v) is 2.42. The van der Waals surface area contributed by atoms with E-state index in [4.69, 9.17) is 10.8 Å². The second-order valence-electron chi connectivity index (χ2n) is 6.00. The third-order valence-corrected chi connectivity index (χ3v) is 3.81. The molecule has 0 radical (unpaired) electrons. The second kappa shape index (κ2) is 15.6. The van der Waals surface area contributed by atoms with Crippen LogP contribution >= 0.6 is 0 Å². The summed E-state index contributed by atoms with van der Waals surface area (Å²) in [6.07, 6.45) is 18.7. The summed E-state index contributed by atoms with van der Waals surface area (Å²) in [7, 11) is 0. The van der Waals surface area contributed by atoms with E-state index in [1.165, 1.54) is 32.1 Å². The number of allylic oxidation sites excluding steroid dienone is 2. The molecule has 0 aromatic heterocycles. The monoisotopic (exact) mass is 297 g/mol. The van der Waals surface area contributed by atoms with Crippen LogP contribution in [0.5, 0.6) is 0 Å². The van der Waals surface area contributed by atoms with Gasteiger partial charge in [-0.1, -0.05) is 57.6 Å². The van der Waals surface area contributed by atoms with Crippen molar-refractivity contribution in [2.75, 3.05) is 0 Å². The van der Waals surface area contributed by atoms with Crippen molar-refractivity contribution in [1.82, 2.24) is 0 Å². The maximum absolute atomic E-state index is 10.3. The van der Waals surface area contributed by atoms with Crippen LogP contribution in [0.4, 0.5) is 0 Å². The van der Waals surface area contributed by atoms with Gasteiger partial charge in [-0.3, -0.25) is 4.79 Å². The van der Waals surface area contributed by atoms with Crippen molar-refractivity contribution in [3.8, 4) is 0 Å². The molecule has 0 bridgehead atoms. The summed E-state index contributed by atoms with van der Waals surface area (Å²) in [5.74, 6) is -0.675. The highest BCUT2D eigenvalue weighted by atomic mass is 16.4. The van der Waals surface area contributed by atoms with Gasteiger partial charge in [0, 0.05) is 12.5 Å². The van der Waals surface area contributed by atoms with Crippen LogP contribution in [0.15, 0.2) is 12.2 Å². The van der Waals surface area contributed by atoms with E-state index in [1.54, 1.807) is 0 Å². The van der Waals surface area contributed by atoms with E-state index < -0.39 is 5.97 Å². The standard InChI is InChI=1S/C18H35NO2/c1-2-3-11-14-17(19)15-12-9-7-5-4-6-8-10-13-16-18(20)21/h7,9,17H,2-6,8,10-16,19H2,1H3,(H,20,21). The summed E-state index contributed by atoms with van der Waals surface area (Å²) >= 11 is 0. The van der Waals surface area contributed by atoms with Crippen LogP contribution in [-0.4, -0.2) is 17.1 Å². The van der Waals surface area contributed by atoms with Crippen LogP contribution in [0.2, 0.25) is 0 Å². The molecule has 0 saturated heterocycles. The highest BCUT2D eigenvalue weighted by molar-refractivity contribution is 5.66. The van der Waals surface area contributed by atoms with Gasteiger partial charge in [0.05, 0.1) is 0 Å².